The summed E-state index contributed by atoms with van der Waals surface area (Å²) in [6.45, 7) is 5.70. The number of aromatic carboxylic acids is 1. The van der Waals surface area contributed by atoms with Crippen molar-refractivity contribution in [3.63, 3.8) is 0 Å². The van der Waals surface area contributed by atoms with Crippen LogP contribution in [0.5, 0.6) is 0 Å². The number of nitrogens with zero attached hydrogens (tertiary/aromatic N) is 5. The lowest BCUT2D eigenvalue weighted by atomic mass is 9.96. The third-order valence-corrected chi connectivity index (χ3v) is 10.2. The maximum Gasteiger partial charge on any atom is 0.337 e. The Morgan fingerprint density at radius 3 is 1.58 bits per heavy atom. The Hall–Kier alpha value is -8.53. The van der Waals surface area contributed by atoms with Crippen molar-refractivity contribution in [3.05, 3.63) is 179 Å². The number of ketones is 2. The number of fused-ring (bicyclic) bond motifs is 3. The second-order valence-electron chi connectivity index (χ2n) is 14.6. The summed E-state index contributed by atoms with van der Waals surface area (Å²) >= 11 is 0. The number of hydrogen-bond acceptors (Lipinski definition) is 10. The fourth-order valence-corrected chi connectivity index (χ4v) is 7.08. The third kappa shape index (κ3) is 11.4. The van der Waals surface area contributed by atoms with Crippen molar-refractivity contribution in [2.45, 2.75) is 46.5 Å². The number of nitrogens with one attached hydrogen (secondary N) is 1. The molecule has 13 nitrogen and oxygen atoms in total. The first-order valence-electron chi connectivity index (χ1n) is 20.9. The molecule has 9 rings (SSSR count). The molecule has 3 aromatic carbocycles. The van der Waals surface area contributed by atoms with Crippen LogP contribution >= 0.6 is 0 Å². The van der Waals surface area contributed by atoms with Gasteiger partial charge in [-0.2, -0.15) is 0 Å². The van der Waals surface area contributed by atoms with E-state index < -0.39 is 41.0 Å². The van der Waals surface area contributed by atoms with Gasteiger partial charge in [0.05, 0.1) is 56.2 Å². The zero-order valence-electron chi connectivity index (χ0n) is 36.4. The van der Waals surface area contributed by atoms with Crippen LogP contribution in [0, 0.1) is 17.5 Å². The fraction of sp³-hybridized carbons (Fsp3) is 0.137. The zero-order chi connectivity index (χ0) is 48.2. The van der Waals surface area contributed by atoms with E-state index in [1.54, 1.807) is 55.0 Å². The summed E-state index contributed by atoms with van der Waals surface area (Å²) in [5.41, 5.74) is 11.8. The molecular weight excluding hydrogens is 864 g/mol. The number of carboxylic acid groups (broad SMARTS) is 1. The highest BCUT2D eigenvalue weighted by Crippen LogP contribution is 2.33. The van der Waals surface area contributed by atoms with Crippen LogP contribution in [0.3, 0.4) is 0 Å². The average molecular weight is 906 g/mol. The Morgan fingerprint density at radius 2 is 1.12 bits per heavy atom. The molecule has 0 saturated carbocycles. The lowest BCUT2D eigenvalue weighted by molar-refractivity contribution is -0.118. The third-order valence-electron chi connectivity index (χ3n) is 10.2. The number of rotatable bonds is 9. The Kier molecular flexibility index (Phi) is 15.7. The first kappa shape index (κ1) is 47.9. The molecule has 16 heteroatoms. The van der Waals surface area contributed by atoms with Gasteiger partial charge in [-0.25, -0.2) is 18.0 Å². The molecule has 67 heavy (non-hydrogen) atoms. The van der Waals surface area contributed by atoms with E-state index in [9.17, 15) is 42.3 Å². The quantitative estimate of drug-likeness (QED) is 0.116. The summed E-state index contributed by atoms with van der Waals surface area (Å²) in [7, 11) is 0. The van der Waals surface area contributed by atoms with Crippen LogP contribution in [0.2, 0.25) is 0 Å². The van der Waals surface area contributed by atoms with Gasteiger partial charge in [-0.1, -0.05) is 39.0 Å². The molecule has 2 amide bonds. The Balaban J connectivity index is 0.000000154. The van der Waals surface area contributed by atoms with E-state index >= 15 is 0 Å². The number of carbonyl (C=O) groups excluding carboxylic acids is 4. The SMILES string of the molecule is CCC(=O)Cc1ccccn1.CCc1nc2ccc(F)cc2c(C(=O)O)c1-c1ccccn1.CCc1nc2ccc(F)cc2c(C(N)=O)c1-c1ccccn1.O=C1Nc2ccc(F)cc2C1=O. The first-order chi connectivity index (χ1) is 32.2. The van der Waals surface area contributed by atoms with Gasteiger partial charge in [-0.3, -0.25) is 44.1 Å². The molecule has 0 aliphatic carbocycles. The number of carbonyl (C=O) groups is 5. The number of amides is 2. The number of hydrogen-bond donors (Lipinski definition) is 3. The number of anilines is 1. The van der Waals surface area contributed by atoms with Gasteiger partial charge < -0.3 is 16.2 Å². The molecule has 1 aliphatic heterocycles. The number of aryl methyl sites for hydroxylation is 2. The summed E-state index contributed by atoms with van der Waals surface area (Å²) in [4.78, 5) is 78.1. The molecule has 0 radical (unpaired) electrons. The molecule has 8 aromatic rings. The number of primary amides is 1. The number of pyridine rings is 5. The van der Waals surface area contributed by atoms with Gasteiger partial charge in [0, 0.05) is 59.0 Å². The lowest BCUT2D eigenvalue weighted by Gasteiger charge is -2.14. The predicted molar refractivity (Wildman–Crippen MR) is 247 cm³/mol. The minimum Gasteiger partial charge on any atom is -0.478 e. The Labute approximate surface area is 382 Å². The van der Waals surface area contributed by atoms with E-state index in [0.717, 1.165) is 11.8 Å². The summed E-state index contributed by atoms with van der Waals surface area (Å²) in [5.74, 6) is -4.31. The number of benzene rings is 3. The van der Waals surface area contributed by atoms with Gasteiger partial charge in [0.2, 0.25) is 5.91 Å². The van der Waals surface area contributed by atoms with E-state index in [-0.39, 0.29) is 27.9 Å². The second kappa shape index (κ2) is 21.9. The highest BCUT2D eigenvalue weighted by atomic mass is 19.1. The summed E-state index contributed by atoms with van der Waals surface area (Å²) in [6.07, 6.45) is 7.16. The molecule has 0 saturated heterocycles. The highest BCUT2D eigenvalue weighted by Gasteiger charge is 2.28. The molecule has 0 spiro atoms. The van der Waals surface area contributed by atoms with Gasteiger partial charge in [0.1, 0.15) is 23.2 Å². The molecule has 1 aliphatic rings. The van der Waals surface area contributed by atoms with Crippen LogP contribution in [0.15, 0.2) is 128 Å². The number of nitrogens with two attached hydrogens (primary N) is 1. The van der Waals surface area contributed by atoms with Crippen molar-refractivity contribution in [2.75, 3.05) is 5.32 Å². The Morgan fingerprint density at radius 1 is 0.627 bits per heavy atom. The minimum absolute atomic E-state index is 0.0417. The summed E-state index contributed by atoms with van der Waals surface area (Å²) in [6, 6.07) is 28.0. The van der Waals surface area contributed by atoms with Crippen molar-refractivity contribution in [1.82, 2.24) is 24.9 Å². The first-order valence-corrected chi connectivity index (χ1v) is 20.9. The molecule has 0 atom stereocenters. The van der Waals surface area contributed by atoms with Gasteiger partial charge in [0.25, 0.3) is 11.7 Å². The molecule has 0 fully saturated rings. The average Bonchev–Trinajstić information content (AvgIpc) is 3.62. The van der Waals surface area contributed by atoms with Crippen molar-refractivity contribution in [1.29, 1.82) is 0 Å². The second-order valence-corrected chi connectivity index (χ2v) is 14.6. The van der Waals surface area contributed by atoms with Crippen LogP contribution in [-0.2, 0) is 28.9 Å². The van der Waals surface area contributed by atoms with Crippen molar-refractivity contribution in [2.24, 2.45) is 5.73 Å². The summed E-state index contributed by atoms with van der Waals surface area (Å²) < 4.78 is 39.7. The van der Waals surface area contributed by atoms with Gasteiger partial charge in [-0.05, 0) is 104 Å². The topological polar surface area (TPSA) is 208 Å². The van der Waals surface area contributed by atoms with Crippen molar-refractivity contribution in [3.8, 4) is 22.5 Å². The van der Waals surface area contributed by atoms with E-state index in [2.05, 4.69) is 30.2 Å². The molecular formula is C51H42F3N7O6. The van der Waals surface area contributed by atoms with Gasteiger partial charge >= 0.3 is 5.97 Å². The highest BCUT2D eigenvalue weighted by molar-refractivity contribution is 6.51. The van der Waals surface area contributed by atoms with Crippen LogP contribution in [0.1, 0.15) is 75.3 Å². The maximum atomic E-state index is 13.6. The molecule has 5 aromatic heterocycles. The number of Topliss-reactive ketones (excluding diaryl/α,β-unsaturated/α-hetero) is 2. The molecule has 0 bridgehead atoms. The lowest BCUT2D eigenvalue weighted by Crippen LogP contribution is -2.15. The fourth-order valence-electron chi connectivity index (χ4n) is 7.08. The normalized spacial score (nSPS) is 11.3. The van der Waals surface area contributed by atoms with Gasteiger partial charge in [0.15, 0.2) is 0 Å². The monoisotopic (exact) mass is 905 g/mol. The molecule has 0 unspecified atom stereocenters. The van der Waals surface area contributed by atoms with Crippen LogP contribution in [0.25, 0.3) is 44.3 Å². The van der Waals surface area contributed by atoms with Crippen LogP contribution in [-0.4, -0.2) is 59.4 Å². The van der Waals surface area contributed by atoms with E-state index in [4.69, 9.17) is 5.73 Å². The zero-order valence-corrected chi connectivity index (χ0v) is 36.4. The van der Waals surface area contributed by atoms with Gasteiger partial charge in [-0.15, -0.1) is 0 Å². The number of carboxylic acids is 1. The number of halogens is 3. The van der Waals surface area contributed by atoms with E-state index in [0.29, 0.717) is 81.7 Å². The smallest absolute Gasteiger partial charge is 0.337 e. The van der Waals surface area contributed by atoms with E-state index in [1.165, 1.54) is 42.5 Å². The summed E-state index contributed by atoms with van der Waals surface area (Å²) in [5, 5.41) is 12.7. The number of aromatic nitrogens is 5. The standard InChI is InChI=1S/C17H14FN3O.C17H13FN2O2.C9H11NO.C8H4FNO2/c1-2-12-16(14-5-3-4-8-20-14)15(17(19)22)11-9-10(18)6-7-13(11)21-12;1-2-12-16(14-5-3-4-8-19-14)15(17(21)22)11-9-10(18)6-7-13(11)20-12;1-2-9(11)7-8-5-3-4-6-10-8;9-4-1-2-6-5(3-4)7(11)8(12)10-6/h3-9H,2H2,1H3,(H2,19,22);3-9H,2H2,1H3,(H,21,22);3-6H,2,7H2,1H3;1-3H,(H,10,11,12). The minimum atomic E-state index is -1.12. The largest absolute Gasteiger partial charge is 0.478 e. The maximum absolute atomic E-state index is 13.6. The molecule has 338 valence electrons. The van der Waals surface area contributed by atoms with Crippen molar-refractivity contribution < 1.29 is 42.3 Å². The van der Waals surface area contributed by atoms with E-state index in [1.807, 2.05) is 45.0 Å². The van der Waals surface area contributed by atoms with Crippen molar-refractivity contribution >= 4 is 56.8 Å². The van der Waals surface area contributed by atoms with Crippen LogP contribution in [0.4, 0.5) is 18.9 Å². The Bertz CT molecular complexity index is 2990. The van der Waals surface area contributed by atoms with Crippen LogP contribution < -0.4 is 11.1 Å². The molecule has 4 N–H and O–H groups in total. The molecule has 6 heterocycles. The predicted octanol–water partition coefficient (Wildman–Crippen LogP) is 9.36.